The molecule has 2 amide bonds. The van der Waals surface area contributed by atoms with Crippen LogP contribution in [0.2, 0.25) is 0 Å². The summed E-state index contributed by atoms with van der Waals surface area (Å²) in [7, 11) is 0. The summed E-state index contributed by atoms with van der Waals surface area (Å²) in [6.07, 6.45) is 5.78. The van der Waals surface area contributed by atoms with Crippen LogP contribution in [-0.2, 0) is 9.59 Å². The lowest BCUT2D eigenvalue weighted by atomic mass is 9.99. The van der Waals surface area contributed by atoms with Gasteiger partial charge in [0.15, 0.2) is 6.61 Å². The summed E-state index contributed by atoms with van der Waals surface area (Å²) in [6.45, 7) is 1.52. The van der Waals surface area contributed by atoms with E-state index in [4.69, 9.17) is 4.74 Å². The zero-order valence-electron chi connectivity index (χ0n) is 14.1. The second-order valence-corrected chi connectivity index (χ2v) is 6.65. The molecule has 0 unspecified atom stereocenters. The van der Waals surface area contributed by atoms with Gasteiger partial charge in [0, 0.05) is 19.1 Å². The van der Waals surface area contributed by atoms with E-state index in [1.807, 2.05) is 35.2 Å². The zero-order chi connectivity index (χ0) is 16.8. The highest BCUT2D eigenvalue weighted by atomic mass is 16.5. The zero-order valence-corrected chi connectivity index (χ0v) is 14.1. The molecule has 5 nitrogen and oxygen atoms in total. The van der Waals surface area contributed by atoms with E-state index in [0.717, 1.165) is 51.6 Å². The number of para-hydroxylation sites is 1. The van der Waals surface area contributed by atoms with Gasteiger partial charge in [-0.15, -0.1) is 0 Å². The Balaban J connectivity index is 1.67. The number of hydrogen-bond donors (Lipinski definition) is 1. The normalized spacial score (nSPS) is 24.8. The fraction of sp³-hybridized carbons (Fsp3) is 0.579. The average Bonchev–Trinajstić information content (AvgIpc) is 3.09. The summed E-state index contributed by atoms with van der Waals surface area (Å²) in [4.78, 5) is 27.0. The van der Waals surface area contributed by atoms with E-state index in [2.05, 4.69) is 5.32 Å². The van der Waals surface area contributed by atoms with Crippen molar-refractivity contribution >= 4 is 11.8 Å². The lowest BCUT2D eigenvalue weighted by Crippen LogP contribution is -2.49. The first-order chi connectivity index (χ1) is 11.8. The minimum atomic E-state index is -0.0659. The summed E-state index contributed by atoms with van der Waals surface area (Å²) >= 11 is 0. The fourth-order valence-electron chi connectivity index (χ4n) is 3.77. The number of hydrogen-bond acceptors (Lipinski definition) is 3. The van der Waals surface area contributed by atoms with Gasteiger partial charge in [0.1, 0.15) is 5.75 Å². The number of benzene rings is 1. The lowest BCUT2D eigenvalue weighted by Gasteiger charge is -2.33. The molecule has 130 valence electrons. The van der Waals surface area contributed by atoms with E-state index in [-0.39, 0.29) is 30.4 Å². The number of amides is 2. The summed E-state index contributed by atoms with van der Waals surface area (Å²) in [5.41, 5.74) is 0. The average molecular weight is 330 g/mol. The Morgan fingerprint density at radius 1 is 1.12 bits per heavy atom. The van der Waals surface area contributed by atoms with Gasteiger partial charge in [-0.2, -0.15) is 0 Å². The fourth-order valence-corrected chi connectivity index (χ4v) is 3.77. The molecule has 1 aromatic rings. The second kappa shape index (κ2) is 8.18. The van der Waals surface area contributed by atoms with E-state index in [0.29, 0.717) is 5.75 Å². The van der Waals surface area contributed by atoms with Crippen LogP contribution in [0, 0.1) is 5.92 Å². The molecule has 0 bridgehead atoms. The van der Waals surface area contributed by atoms with Crippen molar-refractivity contribution in [2.75, 3.05) is 19.7 Å². The van der Waals surface area contributed by atoms with Crippen molar-refractivity contribution in [2.24, 2.45) is 5.92 Å². The second-order valence-electron chi connectivity index (χ2n) is 6.65. The lowest BCUT2D eigenvalue weighted by molar-refractivity contribution is -0.138. The van der Waals surface area contributed by atoms with Crippen LogP contribution in [0.5, 0.6) is 5.75 Å². The van der Waals surface area contributed by atoms with Crippen molar-refractivity contribution < 1.29 is 14.3 Å². The van der Waals surface area contributed by atoms with Crippen LogP contribution in [0.15, 0.2) is 30.3 Å². The molecule has 1 aliphatic heterocycles. The number of nitrogens with one attached hydrogen (secondary N) is 1. The van der Waals surface area contributed by atoms with Gasteiger partial charge in [-0.05, 0) is 44.2 Å². The van der Waals surface area contributed by atoms with Gasteiger partial charge >= 0.3 is 0 Å². The molecular weight excluding hydrogens is 304 g/mol. The van der Waals surface area contributed by atoms with Crippen LogP contribution in [0.4, 0.5) is 0 Å². The first-order valence-corrected chi connectivity index (χ1v) is 9.01. The van der Waals surface area contributed by atoms with Crippen molar-refractivity contribution in [3.63, 3.8) is 0 Å². The van der Waals surface area contributed by atoms with Crippen molar-refractivity contribution in [2.45, 2.75) is 44.6 Å². The maximum Gasteiger partial charge on any atom is 0.260 e. The van der Waals surface area contributed by atoms with Crippen molar-refractivity contribution in [3.05, 3.63) is 30.3 Å². The maximum absolute atomic E-state index is 12.8. The Bertz CT molecular complexity index is 561. The molecule has 1 aliphatic carbocycles. The molecule has 1 N–H and O–H groups in total. The van der Waals surface area contributed by atoms with Gasteiger partial charge in [-0.3, -0.25) is 9.59 Å². The van der Waals surface area contributed by atoms with Crippen LogP contribution < -0.4 is 10.1 Å². The predicted molar refractivity (Wildman–Crippen MR) is 91.6 cm³/mol. The van der Waals surface area contributed by atoms with Crippen LogP contribution in [0.25, 0.3) is 0 Å². The molecular formula is C19H26N2O3. The standard InChI is InChI=1S/C19H26N2O3/c22-18(14-24-15-8-3-1-4-9-15)21-13-6-2-5-12-20-19(23)16-10-7-11-17(16)21/h1,3-4,8-9,16-17H,2,5-7,10-14H2,(H,20,23)/t16-,17+/m1/s1. The van der Waals surface area contributed by atoms with E-state index >= 15 is 0 Å². The molecule has 1 heterocycles. The summed E-state index contributed by atoms with van der Waals surface area (Å²) in [5.74, 6) is 0.738. The Kier molecular flexibility index (Phi) is 5.72. The van der Waals surface area contributed by atoms with Gasteiger partial charge in [-0.25, -0.2) is 0 Å². The largest absolute Gasteiger partial charge is 0.484 e. The number of carbonyl (C=O) groups is 2. The molecule has 1 saturated heterocycles. The molecule has 1 aromatic carbocycles. The maximum atomic E-state index is 12.8. The Morgan fingerprint density at radius 3 is 2.79 bits per heavy atom. The highest BCUT2D eigenvalue weighted by Gasteiger charge is 2.38. The molecule has 0 radical (unpaired) electrons. The van der Waals surface area contributed by atoms with Gasteiger partial charge < -0.3 is 15.0 Å². The van der Waals surface area contributed by atoms with E-state index < -0.39 is 0 Å². The minimum absolute atomic E-state index is 0.0101. The molecule has 1 saturated carbocycles. The van der Waals surface area contributed by atoms with Crippen LogP contribution in [0.1, 0.15) is 38.5 Å². The Morgan fingerprint density at radius 2 is 1.96 bits per heavy atom. The van der Waals surface area contributed by atoms with Crippen molar-refractivity contribution in [1.82, 2.24) is 10.2 Å². The molecule has 2 fully saturated rings. The molecule has 24 heavy (non-hydrogen) atoms. The molecule has 2 aliphatic rings. The number of ether oxygens (including phenoxy) is 1. The molecule has 3 rings (SSSR count). The van der Waals surface area contributed by atoms with Gasteiger partial charge in [-0.1, -0.05) is 24.6 Å². The highest BCUT2D eigenvalue weighted by Crippen LogP contribution is 2.31. The molecule has 5 heteroatoms. The molecule has 0 spiro atoms. The number of rotatable bonds is 3. The topological polar surface area (TPSA) is 58.6 Å². The van der Waals surface area contributed by atoms with Crippen LogP contribution in [0.3, 0.4) is 0 Å². The first-order valence-electron chi connectivity index (χ1n) is 9.01. The summed E-state index contributed by atoms with van der Waals surface area (Å²) in [6, 6.07) is 9.42. The summed E-state index contributed by atoms with van der Waals surface area (Å²) < 4.78 is 5.63. The van der Waals surface area contributed by atoms with E-state index in [1.165, 1.54) is 0 Å². The number of fused-ring (bicyclic) bond motifs is 1. The quantitative estimate of drug-likeness (QED) is 0.925. The summed E-state index contributed by atoms with van der Waals surface area (Å²) in [5, 5.41) is 3.03. The first kappa shape index (κ1) is 16.8. The molecule has 2 atom stereocenters. The van der Waals surface area contributed by atoms with Gasteiger partial charge in [0.05, 0.1) is 5.92 Å². The minimum Gasteiger partial charge on any atom is -0.484 e. The molecule has 0 aromatic heterocycles. The third kappa shape index (κ3) is 4.08. The third-order valence-corrected chi connectivity index (χ3v) is 5.02. The van der Waals surface area contributed by atoms with Gasteiger partial charge in [0.2, 0.25) is 5.91 Å². The van der Waals surface area contributed by atoms with E-state index in [1.54, 1.807) is 0 Å². The predicted octanol–water partition coefficient (Wildman–Crippen LogP) is 2.36. The third-order valence-electron chi connectivity index (χ3n) is 5.02. The number of nitrogens with zero attached hydrogens (tertiary/aromatic N) is 1. The van der Waals surface area contributed by atoms with Crippen molar-refractivity contribution in [3.8, 4) is 5.75 Å². The smallest absolute Gasteiger partial charge is 0.260 e. The monoisotopic (exact) mass is 330 g/mol. The Labute approximate surface area is 143 Å². The van der Waals surface area contributed by atoms with E-state index in [9.17, 15) is 9.59 Å². The SMILES string of the molecule is O=C1NCCCCCN(C(=O)COc2ccccc2)[C@H]2CCC[C@@H]12. The highest BCUT2D eigenvalue weighted by molar-refractivity contribution is 5.82. The Hall–Kier alpha value is -2.04. The van der Waals surface area contributed by atoms with Crippen molar-refractivity contribution in [1.29, 1.82) is 0 Å². The van der Waals surface area contributed by atoms with Crippen LogP contribution >= 0.6 is 0 Å². The number of carbonyl (C=O) groups excluding carboxylic acids is 2. The van der Waals surface area contributed by atoms with Gasteiger partial charge in [0.25, 0.3) is 5.91 Å². The van der Waals surface area contributed by atoms with Crippen LogP contribution in [-0.4, -0.2) is 42.5 Å².